The first-order valence-electron chi connectivity index (χ1n) is 4.64. The molecule has 0 spiro atoms. The van der Waals surface area contributed by atoms with Gasteiger partial charge < -0.3 is 14.8 Å². The van der Waals surface area contributed by atoms with Crippen LogP contribution in [0.4, 0.5) is 0 Å². The molecule has 0 bridgehead atoms. The lowest BCUT2D eigenvalue weighted by Gasteiger charge is -2.08. The van der Waals surface area contributed by atoms with Crippen molar-refractivity contribution >= 4 is 11.6 Å². The highest BCUT2D eigenvalue weighted by molar-refractivity contribution is 6.20. The van der Waals surface area contributed by atoms with Crippen LogP contribution in [0.1, 0.15) is 12.8 Å². The molecule has 0 aromatic rings. The summed E-state index contributed by atoms with van der Waals surface area (Å²) in [5.74, 6) is 0. The molecule has 0 rings (SSSR count). The molecule has 1 unspecified atom stereocenters. The summed E-state index contributed by atoms with van der Waals surface area (Å²) < 4.78 is 9.84. The van der Waals surface area contributed by atoms with Crippen molar-refractivity contribution in [2.75, 3.05) is 40.5 Å². The second-order valence-corrected chi connectivity index (χ2v) is 3.55. The number of hydrogen-bond donors (Lipinski definition) is 1. The molecule has 1 atom stereocenters. The molecule has 1 N–H and O–H groups in total. The minimum absolute atomic E-state index is 0.125. The van der Waals surface area contributed by atoms with Crippen molar-refractivity contribution in [3.8, 4) is 0 Å². The zero-order valence-corrected chi connectivity index (χ0v) is 9.27. The normalized spacial score (nSPS) is 13.2. The zero-order valence-electron chi connectivity index (χ0n) is 8.51. The van der Waals surface area contributed by atoms with Crippen LogP contribution in [0.3, 0.4) is 0 Å². The summed E-state index contributed by atoms with van der Waals surface area (Å²) in [4.78, 5) is 0. The predicted molar refractivity (Wildman–Crippen MR) is 55.5 cm³/mol. The van der Waals surface area contributed by atoms with E-state index >= 15 is 0 Å². The average Bonchev–Trinajstić information content (AvgIpc) is 2.11. The average molecular weight is 210 g/mol. The quantitative estimate of drug-likeness (QED) is 0.458. The van der Waals surface area contributed by atoms with E-state index in [1.54, 1.807) is 14.2 Å². The Morgan fingerprint density at radius 2 is 2.00 bits per heavy atom. The Hall–Kier alpha value is 0.170. The van der Waals surface area contributed by atoms with Gasteiger partial charge in [0, 0.05) is 20.8 Å². The van der Waals surface area contributed by atoms with Crippen LogP contribution in [0.25, 0.3) is 0 Å². The molecule has 0 amide bonds. The minimum Gasteiger partial charge on any atom is -0.385 e. The van der Waals surface area contributed by atoms with Crippen molar-refractivity contribution in [3.05, 3.63) is 0 Å². The van der Waals surface area contributed by atoms with Gasteiger partial charge in [0.25, 0.3) is 0 Å². The van der Waals surface area contributed by atoms with Crippen molar-refractivity contribution in [3.63, 3.8) is 0 Å². The Balaban J connectivity index is 2.97. The van der Waals surface area contributed by atoms with Crippen LogP contribution in [-0.2, 0) is 9.47 Å². The van der Waals surface area contributed by atoms with E-state index in [-0.39, 0.29) is 5.38 Å². The SMILES string of the molecule is COCCCNCCC(Cl)COC. The standard InChI is InChI=1S/C9H20ClNO2/c1-12-7-3-5-11-6-4-9(10)8-13-2/h9,11H,3-8H2,1-2H3. The lowest BCUT2D eigenvalue weighted by atomic mass is 10.3. The molecule has 13 heavy (non-hydrogen) atoms. The maximum absolute atomic E-state index is 5.93. The molecule has 80 valence electrons. The molecule has 0 saturated heterocycles. The minimum atomic E-state index is 0.125. The van der Waals surface area contributed by atoms with Gasteiger partial charge in [-0.3, -0.25) is 0 Å². The highest BCUT2D eigenvalue weighted by Crippen LogP contribution is 2.00. The van der Waals surface area contributed by atoms with Crippen molar-refractivity contribution in [1.29, 1.82) is 0 Å². The third-order valence-electron chi connectivity index (χ3n) is 1.68. The van der Waals surface area contributed by atoms with Crippen LogP contribution < -0.4 is 5.32 Å². The number of rotatable bonds is 9. The maximum atomic E-state index is 5.93. The Bertz CT molecular complexity index is 104. The fourth-order valence-electron chi connectivity index (χ4n) is 0.989. The summed E-state index contributed by atoms with van der Waals surface area (Å²) >= 11 is 5.93. The summed E-state index contributed by atoms with van der Waals surface area (Å²) in [5.41, 5.74) is 0. The van der Waals surface area contributed by atoms with Crippen molar-refractivity contribution in [2.45, 2.75) is 18.2 Å². The van der Waals surface area contributed by atoms with Gasteiger partial charge in [0.15, 0.2) is 0 Å². The highest BCUT2D eigenvalue weighted by Gasteiger charge is 2.01. The highest BCUT2D eigenvalue weighted by atomic mass is 35.5. The summed E-state index contributed by atoms with van der Waals surface area (Å²) in [6, 6.07) is 0. The van der Waals surface area contributed by atoms with Crippen molar-refractivity contribution in [2.24, 2.45) is 0 Å². The molecule has 0 aliphatic rings. The molecule has 0 aromatic heterocycles. The lowest BCUT2D eigenvalue weighted by molar-refractivity contribution is 0.191. The first-order chi connectivity index (χ1) is 6.31. The maximum Gasteiger partial charge on any atom is 0.0626 e. The number of ether oxygens (including phenoxy) is 2. The topological polar surface area (TPSA) is 30.5 Å². The molecule has 0 fully saturated rings. The smallest absolute Gasteiger partial charge is 0.0626 e. The molecule has 0 aromatic carbocycles. The van der Waals surface area contributed by atoms with Crippen LogP contribution in [0, 0.1) is 0 Å². The van der Waals surface area contributed by atoms with Gasteiger partial charge in [-0.25, -0.2) is 0 Å². The first-order valence-corrected chi connectivity index (χ1v) is 5.07. The monoisotopic (exact) mass is 209 g/mol. The fraction of sp³-hybridized carbons (Fsp3) is 1.00. The molecule has 3 nitrogen and oxygen atoms in total. The van der Waals surface area contributed by atoms with E-state index < -0.39 is 0 Å². The molecule has 4 heteroatoms. The van der Waals surface area contributed by atoms with E-state index in [0.29, 0.717) is 6.61 Å². The predicted octanol–water partition coefficient (Wildman–Crippen LogP) is 1.26. The van der Waals surface area contributed by atoms with E-state index in [9.17, 15) is 0 Å². The molecular weight excluding hydrogens is 190 g/mol. The number of nitrogens with one attached hydrogen (secondary N) is 1. The van der Waals surface area contributed by atoms with E-state index in [2.05, 4.69) is 5.32 Å². The molecular formula is C9H20ClNO2. The van der Waals surface area contributed by atoms with Gasteiger partial charge in [-0.15, -0.1) is 11.6 Å². The molecule has 0 saturated carbocycles. The molecule has 0 aliphatic heterocycles. The largest absolute Gasteiger partial charge is 0.385 e. The Kier molecular flexibility index (Phi) is 10.4. The van der Waals surface area contributed by atoms with Gasteiger partial charge in [0.1, 0.15) is 0 Å². The van der Waals surface area contributed by atoms with E-state index in [1.165, 1.54) is 0 Å². The van der Waals surface area contributed by atoms with Crippen LogP contribution in [0.5, 0.6) is 0 Å². The van der Waals surface area contributed by atoms with Crippen LogP contribution in [0.15, 0.2) is 0 Å². The van der Waals surface area contributed by atoms with E-state index in [0.717, 1.165) is 32.5 Å². The fourth-order valence-corrected chi connectivity index (χ4v) is 1.22. The van der Waals surface area contributed by atoms with Gasteiger partial charge in [-0.1, -0.05) is 0 Å². The third kappa shape index (κ3) is 10.1. The zero-order chi connectivity index (χ0) is 9.94. The lowest BCUT2D eigenvalue weighted by Crippen LogP contribution is -2.22. The van der Waals surface area contributed by atoms with E-state index in [4.69, 9.17) is 21.1 Å². The number of halogens is 1. The third-order valence-corrected chi connectivity index (χ3v) is 2.03. The molecule has 0 heterocycles. The number of alkyl halides is 1. The number of methoxy groups -OCH3 is 2. The second-order valence-electron chi connectivity index (χ2n) is 2.94. The van der Waals surface area contributed by atoms with Crippen LogP contribution >= 0.6 is 11.6 Å². The summed E-state index contributed by atoms with van der Waals surface area (Å²) in [5, 5.41) is 3.41. The van der Waals surface area contributed by atoms with Gasteiger partial charge in [0.2, 0.25) is 0 Å². The van der Waals surface area contributed by atoms with Gasteiger partial charge in [0.05, 0.1) is 12.0 Å². The Morgan fingerprint density at radius 1 is 1.23 bits per heavy atom. The second kappa shape index (κ2) is 10.3. The number of hydrogen-bond acceptors (Lipinski definition) is 3. The van der Waals surface area contributed by atoms with E-state index in [1.807, 2.05) is 0 Å². The van der Waals surface area contributed by atoms with Gasteiger partial charge >= 0.3 is 0 Å². The van der Waals surface area contributed by atoms with Crippen molar-refractivity contribution < 1.29 is 9.47 Å². The van der Waals surface area contributed by atoms with Crippen molar-refractivity contribution in [1.82, 2.24) is 5.32 Å². The van der Waals surface area contributed by atoms with Gasteiger partial charge in [-0.05, 0) is 25.9 Å². The molecule has 0 aliphatic carbocycles. The first kappa shape index (κ1) is 13.2. The van der Waals surface area contributed by atoms with Gasteiger partial charge in [-0.2, -0.15) is 0 Å². The summed E-state index contributed by atoms with van der Waals surface area (Å²) in [6.07, 6.45) is 2.00. The van der Waals surface area contributed by atoms with Crippen LogP contribution in [-0.4, -0.2) is 45.9 Å². The Morgan fingerprint density at radius 3 is 2.62 bits per heavy atom. The van der Waals surface area contributed by atoms with Crippen LogP contribution in [0.2, 0.25) is 0 Å². The Labute approximate surface area is 85.7 Å². The summed E-state index contributed by atoms with van der Waals surface area (Å²) in [6.45, 7) is 3.38. The molecule has 0 radical (unpaired) electrons. The summed E-state index contributed by atoms with van der Waals surface area (Å²) in [7, 11) is 3.38.